The van der Waals surface area contributed by atoms with Gasteiger partial charge in [-0.2, -0.15) is 11.8 Å². The number of nitrogens with one attached hydrogen (secondary N) is 2. The fourth-order valence-electron chi connectivity index (χ4n) is 4.18. The quantitative estimate of drug-likeness (QED) is 0.322. The van der Waals surface area contributed by atoms with Crippen molar-refractivity contribution in [1.29, 1.82) is 0 Å². The Morgan fingerprint density at radius 1 is 0.974 bits per heavy atom. The molecule has 38 heavy (non-hydrogen) atoms. The molecule has 3 amide bonds. The summed E-state index contributed by atoms with van der Waals surface area (Å²) in [6, 6.07) is 5.78. The number of alkyl carbamates (subject to hydrolysis) is 1. The van der Waals surface area contributed by atoms with Gasteiger partial charge in [0.15, 0.2) is 0 Å². The summed E-state index contributed by atoms with van der Waals surface area (Å²) < 4.78 is 5.49. The third-order valence-electron chi connectivity index (χ3n) is 6.00. The van der Waals surface area contributed by atoms with E-state index in [2.05, 4.69) is 24.5 Å². The molecule has 2 N–H and O–H groups in total. The molecule has 3 unspecified atom stereocenters. The van der Waals surface area contributed by atoms with Crippen LogP contribution < -0.4 is 10.6 Å². The van der Waals surface area contributed by atoms with E-state index >= 15 is 0 Å². The number of amides is 3. The van der Waals surface area contributed by atoms with E-state index in [0.29, 0.717) is 18.1 Å². The van der Waals surface area contributed by atoms with E-state index in [4.69, 9.17) is 4.74 Å². The van der Waals surface area contributed by atoms with Gasteiger partial charge in [0.2, 0.25) is 11.8 Å². The van der Waals surface area contributed by atoms with Gasteiger partial charge < -0.3 is 20.3 Å². The smallest absolute Gasteiger partial charge is 0.408 e. The minimum Gasteiger partial charge on any atom is -0.444 e. The molecule has 216 valence electrons. The molecule has 0 aromatic heterocycles. The standard InChI is InChI=1S/C30H51N3O4S/c1-20(2)16-17-22(4)33(27(35)24(18-19-38-11)31-28(36)37-30(8,9)10)25(26(34)32-29(5,6)7)23-15-13-12-14-21(23)3/h12-15,20,22,24-25H,16-19H2,1-11H3,(H,31,36)(H,32,34). The number of hydrogen-bond donors (Lipinski definition) is 2. The van der Waals surface area contributed by atoms with Gasteiger partial charge in [-0.05, 0) is 104 Å². The second-order valence-electron chi connectivity index (χ2n) is 12.5. The van der Waals surface area contributed by atoms with E-state index in [9.17, 15) is 14.4 Å². The highest BCUT2D eigenvalue weighted by atomic mass is 32.2. The highest BCUT2D eigenvalue weighted by Gasteiger charge is 2.40. The van der Waals surface area contributed by atoms with Crippen molar-refractivity contribution in [2.75, 3.05) is 12.0 Å². The largest absolute Gasteiger partial charge is 0.444 e. The molecule has 0 bridgehead atoms. The number of nitrogens with zero attached hydrogens (tertiary/aromatic N) is 1. The van der Waals surface area contributed by atoms with Crippen molar-refractivity contribution in [3.63, 3.8) is 0 Å². The number of carbonyl (C=O) groups is 3. The number of benzene rings is 1. The Hall–Kier alpha value is -2.22. The van der Waals surface area contributed by atoms with Crippen LogP contribution in [0.2, 0.25) is 0 Å². The molecule has 7 nitrogen and oxygen atoms in total. The summed E-state index contributed by atoms with van der Waals surface area (Å²) in [5.74, 6) is 0.599. The van der Waals surface area contributed by atoms with E-state index < -0.39 is 29.3 Å². The summed E-state index contributed by atoms with van der Waals surface area (Å²) in [7, 11) is 0. The van der Waals surface area contributed by atoms with E-state index in [-0.39, 0.29) is 17.9 Å². The lowest BCUT2D eigenvalue weighted by Gasteiger charge is -2.40. The van der Waals surface area contributed by atoms with Gasteiger partial charge in [0.1, 0.15) is 17.7 Å². The monoisotopic (exact) mass is 549 g/mol. The molecule has 8 heteroatoms. The number of aryl methyl sites for hydroxylation is 1. The minimum atomic E-state index is -0.845. The summed E-state index contributed by atoms with van der Waals surface area (Å²) in [6.45, 7) is 19.4. The van der Waals surface area contributed by atoms with Gasteiger partial charge in [-0.3, -0.25) is 9.59 Å². The van der Waals surface area contributed by atoms with Gasteiger partial charge in [0.25, 0.3) is 0 Å². The lowest BCUT2D eigenvalue weighted by Crippen LogP contribution is -2.57. The van der Waals surface area contributed by atoms with Crippen LogP contribution in [-0.2, 0) is 14.3 Å². The van der Waals surface area contributed by atoms with Crippen LogP contribution in [0.15, 0.2) is 24.3 Å². The summed E-state index contributed by atoms with van der Waals surface area (Å²) in [6.07, 6.45) is 3.38. The number of rotatable bonds is 12. The van der Waals surface area contributed by atoms with Gasteiger partial charge in [0.05, 0.1) is 0 Å². The van der Waals surface area contributed by atoms with Gasteiger partial charge in [-0.15, -0.1) is 0 Å². The Bertz CT molecular complexity index is 921. The Balaban J connectivity index is 3.65. The zero-order valence-corrected chi connectivity index (χ0v) is 26.3. The Kier molecular flexibility index (Phi) is 13.2. The molecule has 0 fully saturated rings. The van der Waals surface area contributed by atoms with Crippen LogP contribution in [0.3, 0.4) is 0 Å². The summed E-state index contributed by atoms with van der Waals surface area (Å²) >= 11 is 1.60. The molecule has 3 atom stereocenters. The SMILES string of the molecule is CSCCC(NC(=O)OC(C)(C)C)C(=O)N(C(C)CCC(C)C)C(C(=O)NC(C)(C)C)c1ccccc1C. The third kappa shape index (κ3) is 11.7. The van der Waals surface area contributed by atoms with Crippen molar-refractivity contribution in [1.82, 2.24) is 15.5 Å². The Morgan fingerprint density at radius 2 is 1.58 bits per heavy atom. The molecular weight excluding hydrogens is 498 g/mol. The molecule has 0 aliphatic rings. The first kappa shape index (κ1) is 33.8. The lowest BCUT2D eigenvalue weighted by molar-refractivity contribution is -0.145. The van der Waals surface area contributed by atoms with Crippen molar-refractivity contribution in [2.24, 2.45) is 5.92 Å². The van der Waals surface area contributed by atoms with Crippen LogP contribution in [0.5, 0.6) is 0 Å². The van der Waals surface area contributed by atoms with Crippen molar-refractivity contribution in [2.45, 2.75) is 118 Å². The van der Waals surface area contributed by atoms with Crippen LogP contribution >= 0.6 is 11.8 Å². The Labute approximate surface area is 235 Å². The maximum atomic E-state index is 14.4. The minimum absolute atomic E-state index is 0.238. The molecule has 0 saturated heterocycles. The highest BCUT2D eigenvalue weighted by Crippen LogP contribution is 2.30. The molecule has 0 aliphatic heterocycles. The topological polar surface area (TPSA) is 87.7 Å². The Morgan fingerprint density at radius 3 is 2.08 bits per heavy atom. The molecule has 0 saturated carbocycles. The zero-order valence-electron chi connectivity index (χ0n) is 25.4. The second kappa shape index (κ2) is 14.8. The lowest BCUT2D eigenvalue weighted by atomic mass is 9.93. The fraction of sp³-hybridized carbons (Fsp3) is 0.700. The zero-order chi connectivity index (χ0) is 29.3. The third-order valence-corrected chi connectivity index (χ3v) is 6.64. The molecule has 1 aromatic carbocycles. The van der Waals surface area contributed by atoms with Crippen molar-refractivity contribution < 1.29 is 19.1 Å². The van der Waals surface area contributed by atoms with Gasteiger partial charge in [-0.25, -0.2) is 4.79 Å². The van der Waals surface area contributed by atoms with Crippen molar-refractivity contribution >= 4 is 29.7 Å². The molecule has 0 spiro atoms. The summed E-state index contributed by atoms with van der Waals surface area (Å²) in [4.78, 5) is 42.8. The number of carbonyl (C=O) groups excluding carboxylic acids is 3. The van der Waals surface area contributed by atoms with Gasteiger partial charge in [0, 0.05) is 11.6 Å². The van der Waals surface area contributed by atoms with E-state index in [1.807, 2.05) is 65.1 Å². The van der Waals surface area contributed by atoms with Gasteiger partial charge >= 0.3 is 6.09 Å². The van der Waals surface area contributed by atoms with E-state index in [0.717, 1.165) is 24.0 Å². The predicted octanol–water partition coefficient (Wildman–Crippen LogP) is 6.25. The molecule has 1 aromatic rings. The normalized spacial score (nSPS) is 14.4. The summed E-state index contributed by atoms with van der Waals surface area (Å²) in [5.41, 5.74) is 0.523. The first-order chi connectivity index (χ1) is 17.5. The fourth-order valence-corrected chi connectivity index (χ4v) is 4.66. The molecular formula is C30H51N3O4S. The number of hydrogen-bond acceptors (Lipinski definition) is 5. The first-order valence-corrected chi connectivity index (χ1v) is 15.0. The van der Waals surface area contributed by atoms with Crippen LogP contribution in [0.1, 0.15) is 98.7 Å². The maximum absolute atomic E-state index is 14.4. The van der Waals surface area contributed by atoms with Gasteiger partial charge in [-0.1, -0.05) is 38.1 Å². The number of ether oxygens (including phenoxy) is 1. The average molecular weight is 550 g/mol. The molecule has 0 radical (unpaired) electrons. The number of thioether (sulfide) groups is 1. The first-order valence-electron chi connectivity index (χ1n) is 13.6. The van der Waals surface area contributed by atoms with Crippen LogP contribution in [0.4, 0.5) is 4.79 Å². The average Bonchev–Trinajstić information content (AvgIpc) is 2.76. The van der Waals surface area contributed by atoms with Crippen LogP contribution in [-0.4, -0.2) is 58.0 Å². The van der Waals surface area contributed by atoms with Crippen LogP contribution in [0, 0.1) is 12.8 Å². The summed E-state index contributed by atoms with van der Waals surface area (Å²) in [5, 5.41) is 5.92. The molecule has 0 heterocycles. The van der Waals surface area contributed by atoms with Crippen molar-refractivity contribution in [3.05, 3.63) is 35.4 Å². The highest BCUT2D eigenvalue weighted by molar-refractivity contribution is 7.98. The maximum Gasteiger partial charge on any atom is 0.408 e. The van der Waals surface area contributed by atoms with Crippen molar-refractivity contribution in [3.8, 4) is 0 Å². The second-order valence-corrected chi connectivity index (χ2v) is 13.5. The van der Waals surface area contributed by atoms with Crippen LogP contribution in [0.25, 0.3) is 0 Å². The van der Waals surface area contributed by atoms with E-state index in [1.165, 1.54) is 0 Å². The molecule has 1 rings (SSSR count). The predicted molar refractivity (Wildman–Crippen MR) is 158 cm³/mol. The molecule has 0 aliphatic carbocycles. The van der Waals surface area contributed by atoms with E-state index in [1.54, 1.807) is 37.4 Å².